The lowest BCUT2D eigenvalue weighted by atomic mass is 10.1. The van der Waals surface area contributed by atoms with Gasteiger partial charge in [-0.1, -0.05) is 23.7 Å². The van der Waals surface area contributed by atoms with E-state index in [4.69, 9.17) is 21.1 Å². The van der Waals surface area contributed by atoms with Crippen LogP contribution in [0.25, 0.3) is 10.6 Å². The van der Waals surface area contributed by atoms with Crippen molar-refractivity contribution >= 4 is 28.9 Å². The highest BCUT2D eigenvalue weighted by molar-refractivity contribution is 7.15. The lowest BCUT2D eigenvalue weighted by Crippen LogP contribution is -2.38. The Morgan fingerprint density at radius 1 is 1.17 bits per heavy atom. The number of aromatic nitrogens is 1. The zero-order chi connectivity index (χ0) is 22.1. The van der Waals surface area contributed by atoms with Crippen molar-refractivity contribution in [1.29, 1.82) is 0 Å². The second-order valence-electron chi connectivity index (χ2n) is 7.58. The van der Waals surface area contributed by atoms with Gasteiger partial charge in [0.05, 0.1) is 10.6 Å². The molecule has 7 heteroatoms. The van der Waals surface area contributed by atoms with Gasteiger partial charge < -0.3 is 14.6 Å². The molecule has 1 unspecified atom stereocenters. The second-order valence-corrected chi connectivity index (χ2v) is 9.05. The van der Waals surface area contributed by atoms with E-state index >= 15 is 0 Å². The number of carboxylic acids is 1. The van der Waals surface area contributed by atoms with Crippen LogP contribution in [0.4, 0.5) is 0 Å². The molecule has 0 spiro atoms. The largest absolute Gasteiger partial charge is 0.485 e. The number of hydrogen-bond acceptors (Lipinski definition) is 5. The van der Waals surface area contributed by atoms with Gasteiger partial charge in [-0.25, -0.2) is 9.78 Å². The maximum absolute atomic E-state index is 11.3. The summed E-state index contributed by atoms with van der Waals surface area (Å²) >= 11 is 7.57. The molecule has 1 heterocycles. The Morgan fingerprint density at radius 2 is 1.83 bits per heavy atom. The van der Waals surface area contributed by atoms with E-state index in [0.717, 1.165) is 26.7 Å². The third-order valence-corrected chi connectivity index (χ3v) is 6.25. The predicted octanol–water partition coefficient (Wildman–Crippen LogP) is 6.46. The number of carboxylic acid groups (broad SMARTS) is 1. The predicted molar refractivity (Wildman–Crippen MR) is 120 cm³/mol. The first-order valence-electron chi connectivity index (χ1n) is 9.50. The van der Waals surface area contributed by atoms with E-state index in [-0.39, 0.29) is 6.10 Å². The van der Waals surface area contributed by atoms with Crippen molar-refractivity contribution in [2.24, 2.45) is 0 Å². The average molecular weight is 446 g/mol. The van der Waals surface area contributed by atoms with Crippen LogP contribution in [0.2, 0.25) is 5.02 Å². The molecule has 30 heavy (non-hydrogen) atoms. The van der Waals surface area contributed by atoms with E-state index in [9.17, 15) is 9.90 Å². The first kappa shape index (κ1) is 22.1. The fourth-order valence-electron chi connectivity index (χ4n) is 2.89. The topological polar surface area (TPSA) is 68.7 Å². The number of ether oxygens (including phenoxy) is 2. The van der Waals surface area contributed by atoms with Crippen molar-refractivity contribution in [3.8, 4) is 22.1 Å². The number of thiazole rings is 1. The Hall–Kier alpha value is -2.57. The normalized spacial score (nSPS) is 12.5. The number of hydrogen-bond donors (Lipinski definition) is 1. The van der Waals surface area contributed by atoms with Crippen molar-refractivity contribution in [2.75, 3.05) is 0 Å². The number of aliphatic carboxylic acids is 1. The van der Waals surface area contributed by atoms with Gasteiger partial charge in [-0.05, 0) is 70.5 Å². The van der Waals surface area contributed by atoms with Gasteiger partial charge in [0, 0.05) is 10.6 Å². The van der Waals surface area contributed by atoms with E-state index in [1.807, 2.05) is 51.1 Å². The van der Waals surface area contributed by atoms with Crippen LogP contribution < -0.4 is 9.47 Å². The number of benzene rings is 2. The fraction of sp³-hybridized carbons (Fsp3) is 0.304. The molecule has 158 valence electrons. The third kappa shape index (κ3) is 4.94. The molecule has 1 N–H and O–H groups in total. The molecular formula is C23H24ClNO4S. The van der Waals surface area contributed by atoms with Crippen LogP contribution in [0.1, 0.15) is 43.0 Å². The molecule has 2 aromatic carbocycles. The van der Waals surface area contributed by atoms with Crippen molar-refractivity contribution in [3.63, 3.8) is 0 Å². The zero-order valence-electron chi connectivity index (χ0n) is 17.5. The molecule has 5 nitrogen and oxygen atoms in total. The lowest BCUT2D eigenvalue weighted by molar-refractivity contribution is -0.152. The van der Waals surface area contributed by atoms with Gasteiger partial charge in [-0.2, -0.15) is 0 Å². The fourth-order valence-corrected chi connectivity index (χ4v) is 4.07. The Labute approximate surface area is 185 Å². The highest BCUT2D eigenvalue weighted by Crippen LogP contribution is 2.35. The maximum atomic E-state index is 11.3. The standard InChI is InChI=1S/C23H24ClNO4S/c1-13-12-18(10-11-19(13)29-23(4,5)22(26)27)28-15(3)20-14(2)25-21(30-20)16-6-8-17(24)9-7-16/h6-12,15H,1-5H3,(H,26,27). The summed E-state index contributed by atoms with van der Waals surface area (Å²) in [6.07, 6.45) is -0.190. The maximum Gasteiger partial charge on any atom is 0.347 e. The summed E-state index contributed by atoms with van der Waals surface area (Å²) in [7, 11) is 0. The van der Waals surface area contributed by atoms with Crippen molar-refractivity contribution in [3.05, 3.63) is 63.6 Å². The van der Waals surface area contributed by atoms with Crippen LogP contribution in [0.3, 0.4) is 0 Å². The summed E-state index contributed by atoms with van der Waals surface area (Å²) in [5.74, 6) is 0.177. The molecular weight excluding hydrogens is 422 g/mol. The number of rotatable bonds is 7. The minimum absolute atomic E-state index is 0.190. The number of aryl methyl sites for hydroxylation is 2. The van der Waals surface area contributed by atoms with E-state index in [1.54, 1.807) is 23.5 Å². The van der Waals surface area contributed by atoms with Gasteiger partial charge in [0.1, 0.15) is 22.6 Å². The molecule has 3 aromatic rings. The van der Waals surface area contributed by atoms with Crippen molar-refractivity contribution in [1.82, 2.24) is 4.98 Å². The van der Waals surface area contributed by atoms with Crippen LogP contribution in [0.15, 0.2) is 42.5 Å². The molecule has 0 fully saturated rings. The number of nitrogens with zero attached hydrogens (tertiary/aromatic N) is 1. The third-order valence-electron chi connectivity index (χ3n) is 4.63. The van der Waals surface area contributed by atoms with Gasteiger partial charge in [-0.15, -0.1) is 11.3 Å². The van der Waals surface area contributed by atoms with Crippen LogP contribution >= 0.6 is 22.9 Å². The van der Waals surface area contributed by atoms with Crippen LogP contribution in [-0.4, -0.2) is 21.7 Å². The quantitative estimate of drug-likeness (QED) is 0.451. The van der Waals surface area contributed by atoms with E-state index < -0.39 is 11.6 Å². The molecule has 0 aliphatic rings. The molecule has 0 aliphatic carbocycles. The Bertz CT molecular complexity index is 1060. The monoisotopic (exact) mass is 445 g/mol. The van der Waals surface area contributed by atoms with Gasteiger partial charge in [0.2, 0.25) is 0 Å². The SMILES string of the molecule is Cc1cc(OC(C)c2sc(-c3ccc(Cl)cc3)nc2C)ccc1OC(C)(C)C(=O)O. The smallest absolute Gasteiger partial charge is 0.347 e. The molecule has 0 saturated carbocycles. The second kappa shape index (κ2) is 8.66. The Kier molecular flexibility index (Phi) is 6.38. The summed E-state index contributed by atoms with van der Waals surface area (Å²) < 4.78 is 11.8. The number of halogens is 1. The van der Waals surface area contributed by atoms with Gasteiger partial charge in [0.25, 0.3) is 0 Å². The Balaban J connectivity index is 1.76. The Morgan fingerprint density at radius 3 is 2.43 bits per heavy atom. The van der Waals surface area contributed by atoms with Crippen LogP contribution in [-0.2, 0) is 4.79 Å². The van der Waals surface area contributed by atoms with Crippen molar-refractivity contribution < 1.29 is 19.4 Å². The first-order chi connectivity index (χ1) is 14.1. The molecule has 0 aliphatic heterocycles. The summed E-state index contributed by atoms with van der Waals surface area (Å²) in [5, 5.41) is 10.9. The molecule has 0 radical (unpaired) electrons. The molecule has 0 saturated heterocycles. The average Bonchev–Trinajstić information content (AvgIpc) is 3.06. The lowest BCUT2D eigenvalue weighted by Gasteiger charge is -2.23. The van der Waals surface area contributed by atoms with Gasteiger partial charge in [0.15, 0.2) is 5.60 Å². The highest BCUT2D eigenvalue weighted by atomic mass is 35.5. The summed E-state index contributed by atoms with van der Waals surface area (Å²) in [6, 6.07) is 13.0. The van der Waals surface area contributed by atoms with Gasteiger partial charge >= 0.3 is 5.97 Å². The minimum atomic E-state index is -1.31. The van der Waals surface area contributed by atoms with Crippen molar-refractivity contribution in [2.45, 2.75) is 46.3 Å². The molecule has 0 amide bonds. The van der Waals surface area contributed by atoms with Crippen LogP contribution in [0, 0.1) is 13.8 Å². The minimum Gasteiger partial charge on any atom is -0.485 e. The molecule has 3 rings (SSSR count). The van der Waals surface area contributed by atoms with E-state index in [0.29, 0.717) is 16.5 Å². The molecule has 1 aromatic heterocycles. The van der Waals surface area contributed by atoms with Crippen LogP contribution in [0.5, 0.6) is 11.5 Å². The summed E-state index contributed by atoms with van der Waals surface area (Å²) in [6.45, 7) is 8.86. The molecule has 0 bridgehead atoms. The highest BCUT2D eigenvalue weighted by Gasteiger charge is 2.30. The summed E-state index contributed by atoms with van der Waals surface area (Å²) in [5.41, 5.74) is 1.44. The summed E-state index contributed by atoms with van der Waals surface area (Å²) in [4.78, 5) is 17.0. The molecule has 1 atom stereocenters. The number of carbonyl (C=O) groups is 1. The zero-order valence-corrected chi connectivity index (χ0v) is 19.1. The van der Waals surface area contributed by atoms with E-state index in [2.05, 4.69) is 4.98 Å². The van der Waals surface area contributed by atoms with Gasteiger partial charge in [-0.3, -0.25) is 0 Å². The van der Waals surface area contributed by atoms with E-state index in [1.165, 1.54) is 13.8 Å². The first-order valence-corrected chi connectivity index (χ1v) is 10.7.